The van der Waals surface area contributed by atoms with Crippen LogP contribution in [0.5, 0.6) is 5.75 Å². The molecule has 5 heteroatoms. The van der Waals surface area contributed by atoms with Crippen molar-refractivity contribution in [1.29, 1.82) is 0 Å². The predicted molar refractivity (Wildman–Crippen MR) is 99.1 cm³/mol. The SMILES string of the molecule is Oc1c(C(c2ccccc2Cl)N2CCOCC2)ccc2cccnc12. The molecule has 4 nitrogen and oxygen atoms in total. The number of nitrogens with zero attached hydrogens (tertiary/aromatic N) is 2. The smallest absolute Gasteiger partial charge is 0.146 e. The first-order chi connectivity index (χ1) is 12.3. The monoisotopic (exact) mass is 354 g/mol. The molecule has 2 aromatic carbocycles. The summed E-state index contributed by atoms with van der Waals surface area (Å²) >= 11 is 6.50. The molecular weight excluding hydrogens is 336 g/mol. The summed E-state index contributed by atoms with van der Waals surface area (Å²) in [6.07, 6.45) is 1.70. The third-order valence-corrected chi connectivity index (χ3v) is 5.03. The lowest BCUT2D eigenvalue weighted by atomic mass is 9.94. The van der Waals surface area contributed by atoms with Crippen LogP contribution in [-0.2, 0) is 4.74 Å². The third-order valence-electron chi connectivity index (χ3n) is 4.68. The molecule has 1 aliphatic rings. The molecule has 1 saturated heterocycles. The summed E-state index contributed by atoms with van der Waals surface area (Å²) in [4.78, 5) is 6.66. The summed E-state index contributed by atoms with van der Waals surface area (Å²) < 4.78 is 5.50. The highest BCUT2D eigenvalue weighted by Crippen LogP contribution is 2.40. The third kappa shape index (κ3) is 3.09. The maximum Gasteiger partial charge on any atom is 0.146 e. The molecule has 4 rings (SSSR count). The number of aromatic nitrogens is 1. The lowest BCUT2D eigenvalue weighted by molar-refractivity contribution is 0.0236. The van der Waals surface area contributed by atoms with E-state index in [0.29, 0.717) is 23.8 Å². The van der Waals surface area contributed by atoms with Gasteiger partial charge in [0.2, 0.25) is 0 Å². The first-order valence-electron chi connectivity index (χ1n) is 8.38. The zero-order valence-electron chi connectivity index (χ0n) is 13.7. The van der Waals surface area contributed by atoms with Gasteiger partial charge in [-0.15, -0.1) is 0 Å². The molecule has 1 unspecified atom stereocenters. The Morgan fingerprint density at radius 2 is 1.80 bits per heavy atom. The molecule has 1 aliphatic heterocycles. The van der Waals surface area contributed by atoms with Gasteiger partial charge in [-0.25, -0.2) is 0 Å². The number of benzene rings is 2. The Morgan fingerprint density at radius 1 is 1.00 bits per heavy atom. The van der Waals surface area contributed by atoms with Crippen LogP contribution in [0.1, 0.15) is 17.2 Å². The average molecular weight is 355 g/mol. The Labute approximate surface area is 151 Å². The van der Waals surface area contributed by atoms with Crippen LogP contribution in [0.3, 0.4) is 0 Å². The molecular formula is C20H19ClN2O2. The number of hydrogen-bond acceptors (Lipinski definition) is 4. The van der Waals surface area contributed by atoms with Crippen molar-refractivity contribution in [2.24, 2.45) is 0 Å². The van der Waals surface area contributed by atoms with Crippen molar-refractivity contribution in [3.05, 3.63) is 70.9 Å². The number of pyridine rings is 1. The van der Waals surface area contributed by atoms with E-state index in [-0.39, 0.29) is 11.8 Å². The van der Waals surface area contributed by atoms with Gasteiger partial charge in [0.25, 0.3) is 0 Å². The summed E-state index contributed by atoms with van der Waals surface area (Å²) in [6, 6.07) is 15.5. The summed E-state index contributed by atoms with van der Waals surface area (Å²) in [6.45, 7) is 2.92. The van der Waals surface area contributed by atoms with Gasteiger partial charge in [-0.3, -0.25) is 9.88 Å². The van der Waals surface area contributed by atoms with Crippen molar-refractivity contribution in [3.63, 3.8) is 0 Å². The molecule has 0 spiro atoms. The fourth-order valence-electron chi connectivity index (χ4n) is 3.46. The topological polar surface area (TPSA) is 45.6 Å². The maximum atomic E-state index is 10.9. The molecule has 0 amide bonds. The first-order valence-corrected chi connectivity index (χ1v) is 8.76. The molecule has 3 aromatic rings. The number of morpholine rings is 1. The van der Waals surface area contributed by atoms with E-state index in [1.165, 1.54) is 0 Å². The van der Waals surface area contributed by atoms with Gasteiger partial charge in [-0.05, 0) is 17.7 Å². The Bertz CT molecular complexity index is 894. The highest BCUT2D eigenvalue weighted by molar-refractivity contribution is 6.31. The number of rotatable bonds is 3. The number of phenols is 1. The summed E-state index contributed by atoms with van der Waals surface area (Å²) in [7, 11) is 0. The lowest BCUT2D eigenvalue weighted by Crippen LogP contribution is -2.39. The van der Waals surface area contributed by atoms with Crippen LogP contribution < -0.4 is 0 Å². The Hall–Kier alpha value is -2.14. The molecule has 25 heavy (non-hydrogen) atoms. The van der Waals surface area contributed by atoms with Gasteiger partial charge >= 0.3 is 0 Å². The predicted octanol–water partition coefficient (Wildman–Crippen LogP) is 4.02. The van der Waals surface area contributed by atoms with E-state index in [4.69, 9.17) is 16.3 Å². The fraction of sp³-hybridized carbons (Fsp3) is 0.250. The molecule has 0 bridgehead atoms. The van der Waals surface area contributed by atoms with E-state index in [1.54, 1.807) is 6.20 Å². The van der Waals surface area contributed by atoms with Crippen LogP contribution in [0.25, 0.3) is 10.9 Å². The zero-order valence-corrected chi connectivity index (χ0v) is 14.5. The lowest BCUT2D eigenvalue weighted by Gasteiger charge is -2.35. The second-order valence-corrected chi connectivity index (χ2v) is 6.56. The van der Waals surface area contributed by atoms with Crippen LogP contribution in [0.15, 0.2) is 54.7 Å². The van der Waals surface area contributed by atoms with Crippen LogP contribution in [0.4, 0.5) is 0 Å². The van der Waals surface area contributed by atoms with Gasteiger partial charge in [0.1, 0.15) is 11.3 Å². The van der Waals surface area contributed by atoms with E-state index < -0.39 is 0 Å². The van der Waals surface area contributed by atoms with Gasteiger partial charge in [0.15, 0.2) is 0 Å². The normalized spacial score (nSPS) is 16.8. The van der Waals surface area contributed by atoms with Gasteiger partial charge in [0, 0.05) is 35.3 Å². The number of hydrogen-bond donors (Lipinski definition) is 1. The van der Waals surface area contributed by atoms with Crippen molar-refractivity contribution < 1.29 is 9.84 Å². The van der Waals surface area contributed by atoms with E-state index in [1.807, 2.05) is 48.5 Å². The molecule has 1 fully saturated rings. The second kappa shape index (κ2) is 7.00. The second-order valence-electron chi connectivity index (χ2n) is 6.15. The summed E-state index contributed by atoms with van der Waals surface area (Å²) in [5.74, 6) is 0.217. The first kappa shape index (κ1) is 16.3. The van der Waals surface area contributed by atoms with E-state index in [0.717, 1.165) is 29.6 Å². The summed E-state index contributed by atoms with van der Waals surface area (Å²) in [5.41, 5.74) is 2.42. The zero-order chi connectivity index (χ0) is 17.2. The number of fused-ring (bicyclic) bond motifs is 1. The van der Waals surface area contributed by atoms with Crippen molar-refractivity contribution in [3.8, 4) is 5.75 Å². The van der Waals surface area contributed by atoms with Crippen molar-refractivity contribution >= 4 is 22.5 Å². The molecule has 128 valence electrons. The molecule has 2 heterocycles. The van der Waals surface area contributed by atoms with Gasteiger partial charge in [0.05, 0.1) is 19.3 Å². The van der Waals surface area contributed by atoms with Crippen molar-refractivity contribution in [1.82, 2.24) is 9.88 Å². The quantitative estimate of drug-likeness (QED) is 0.771. The number of halogens is 1. The number of aromatic hydroxyl groups is 1. The molecule has 0 radical (unpaired) electrons. The van der Waals surface area contributed by atoms with Gasteiger partial charge in [-0.1, -0.05) is 48.0 Å². The number of phenolic OH excluding ortho intramolecular Hbond substituents is 1. The molecule has 1 atom stereocenters. The minimum absolute atomic E-state index is 0.135. The Kier molecular flexibility index (Phi) is 4.57. The van der Waals surface area contributed by atoms with Crippen LogP contribution in [0, 0.1) is 0 Å². The van der Waals surface area contributed by atoms with E-state index >= 15 is 0 Å². The minimum Gasteiger partial charge on any atom is -0.505 e. The fourth-order valence-corrected chi connectivity index (χ4v) is 3.70. The average Bonchev–Trinajstić information content (AvgIpc) is 2.66. The standard InChI is InChI=1S/C20H19ClN2O2/c21-17-6-2-1-5-15(17)19(23-10-12-25-13-11-23)16-8-7-14-4-3-9-22-18(14)20(16)24/h1-9,19,24H,10-13H2. The van der Waals surface area contributed by atoms with E-state index in [2.05, 4.69) is 9.88 Å². The molecule has 0 saturated carbocycles. The van der Waals surface area contributed by atoms with Crippen molar-refractivity contribution in [2.75, 3.05) is 26.3 Å². The van der Waals surface area contributed by atoms with Crippen LogP contribution >= 0.6 is 11.6 Å². The Morgan fingerprint density at radius 3 is 2.60 bits per heavy atom. The van der Waals surface area contributed by atoms with E-state index in [9.17, 15) is 5.11 Å². The van der Waals surface area contributed by atoms with Crippen molar-refractivity contribution in [2.45, 2.75) is 6.04 Å². The Balaban J connectivity index is 1.89. The minimum atomic E-state index is -0.135. The number of ether oxygens (including phenoxy) is 1. The highest BCUT2D eigenvalue weighted by atomic mass is 35.5. The molecule has 1 N–H and O–H groups in total. The summed E-state index contributed by atoms with van der Waals surface area (Å²) in [5, 5.41) is 12.6. The molecule has 0 aliphatic carbocycles. The van der Waals surface area contributed by atoms with Gasteiger partial charge in [-0.2, -0.15) is 0 Å². The largest absolute Gasteiger partial charge is 0.505 e. The maximum absolute atomic E-state index is 10.9. The van der Waals surface area contributed by atoms with Crippen LogP contribution in [0.2, 0.25) is 5.02 Å². The highest BCUT2D eigenvalue weighted by Gasteiger charge is 2.28. The van der Waals surface area contributed by atoms with Gasteiger partial charge < -0.3 is 9.84 Å². The molecule has 1 aromatic heterocycles. The van der Waals surface area contributed by atoms with Crippen LogP contribution in [-0.4, -0.2) is 41.3 Å².